The molecule has 0 saturated heterocycles. The molecule has 0 amide bonds. The third kappa shape index (κ3) is 9.00. The van der Waals surface area contributed by atoms with Gasteiger partial charge in [-0.1, -0.05) is 0 Å². The second kappa shape index (κ2) is 20.0. The van der Waals surface area contributed by atoms with Gasteiger partial charge in [-0.3, -0.25) is 0 Å². The van der Waals surface area contributed by atoms with Crippen molar-refractivity contribution in [3.05, 3.63) is 0 Å². The first-order chi connectivity index (χ1) is 0. The van der Waals surface area contributed by atoms with Crippen molar-refractivity contribution in [2.75, 3.05) is 0 Å². The summed E-state index contributed by atoms with van der Waals surface area (Å²) in [4.78, 5) is 0. The summed E-state index contributed by atoms with van der Waals surface area (Å²) >= 11 is 0. The summed E-state index contributed by atoms with van der Waals surface area (Å²) < 4.78 is 0. The molecule has 0 aromatic rings. The van der Waals surface area contributed by atoms with E-state index in [1.807, 2.05) is 0 Å². The van der Waals surface area contributed by atoms with Gasteiger partial charge in [0.15, 0.2) is 0 Å². The molecule has 0 bridgehead atoms. The summed E-state index contributed by atoms with van der Waals surface area (Å²) in [6, 6.07) is 0. The van der Waals surface area contributed by atoms with E-state index in [0.29, 0.717) is 0 Å². The van der Waals surface area contributed by atoms with Gasteiger partial charge in [0, 0.05) is 66.5 Å². The molecule has 0 saturated carbocycles. The number of hydrogen-bond donors (Lipinski definition) is 0. The van der Waals surface area contributed by atoms with Crippen LogP contribution in [-0.2, 0) is 66.5 Å². The predicted octanol–water partition coefficient (Wildman–Crippen LogP) is -0.0100. The Kier molecular flexibility index (Phi) is 188. The molecule has 0 unspecified atom stereocenters. The minimum atomic E-state index is 0. The van der Waals surface area contributed by atoms with Crippen molar-refractivity contribution in [1.82, 2.24) is 0 Å². The second-order valence-corrected chi connectivity index (χ2v) is 0. The summed E-state index contributed by atoms with van der Waals surface area (Å²) in [6.45, 7) is 0. The Bertz CT molecular complexity index is 3.25. The maximum absolute atomic E-state index is 0. The summed E-state index contributed by atoms with van der Waals surface area (Å²) in [5, 5.41) is 0. The van der Waals surface area contributed by atoms with E-state index in [9.17, 15) is 0 Å². The van der Waals surface area contributed by atoms with Crippen LogP contribution in [0.2, 0.25) is 0 Å². The molecule has 4 heavy (non-hydrogen) atoms. The van der Waals surface area contributed by atoms with Crippen LogP contribution in [0.5, 0.6) is 0 Å². The first kappa shape index (κ1) is 37.5. The van der Waals surface area contributed by atoms with E-state index in [1.165, 1.54) is 0 Å². The average molecular weight is 231 g/mol. The zero-order chi connectivity index (χ0) is 0. The van der Waals surface area contributed by atoms with Gasteiger partial charge in [0.2, 0.25) is 0 Å². The fourth-order valence-electron chi connectivity index (χ4n) is 0. The van der Waals surface area contributed by atoms with Crippen LogP contribution < -0.4 is 0 Å². The van der Waals surface area contributed by atoms with Gasteiger partial charge in [0.25, 0.3) is 0 Å². The summed E-state index contributed by atoms with van der Waals surface area (Å²) in [6.07, 6.45) is 0. The van der Waals surface area contributed by atoms with Crippen LogP contribution in [0, 0.1) is 0 Å². The Morgan fingerprint density at radius 2 is 0.500 bits per heavy atom. The van der Waals surface area contributed by atoms with Crippen LogP contribution >= 0.6 is 0 Å². The molecule has 0 rings (SSSR count). The van der Waals surface area contributed by atoms with E-state index in [2.05, 4.69) is 0 Å². The van der Waals surface area contributed by atoms with Crippen molar-refractivity contribution in [1.29, 1.82) is 0 Å². The largest absolute Gasteiger partial charge is 0 e. The van der Waals surface area contributed by atoms with Crippen LogP contribution in [0.15, 0.2) is 0 Å². The van der Waals surface area contributed by atoms with E-state index < -0.39 is 0 Å². The van der Waals surface area contributed by atoms with Crippen LogP contribution in [0.3, 0.4) is 0 Å². The quantitative estimate of drug-likeness (QED) is 0.514. The summed E-state index contributed by atoms with van der Waals surface area (Å²) in [7, 11) is 0. The molecule has 1 radical (unpaired) electrons. The van der Waals surface area contributed by atoms with Crippen molar-refractivity contribution in [2.45, 2.75) is 0 Å². The molecule has 0 aromatic heterocycles. The molecule has 0 fully saturated rings. The molecule has 0 aliphatic rings. The normalized spacial score (nSPS) is 0. The van der Waals surface area contributed by atoms with Crippen LogP contribution in [0.1, 0.15) is 0 Å². The van der Waals surface area contributed by atoms with Gasteiger partial charge >= 0.3 is 0 Å². The Hall–Kier alpha value is 2.00. The molecular weight excluding hydrogens is 231 g/mol. The molecule has 0 aliphatic carbocycles. The fraction of sp³-hybridized carbons (Fsp3) is 0. The minimum Gasteiger partial charge on any atom is 0 e. The molecule has 4 heteroatoms. The maximum atomic E-state index is 0. The van der Waals surface area contributed by atoms with E-state index in [-0.39, 0.29) is 66.5 Å². The van der Waals surface area contributed by atoms with E-state index in [0.717, 1.165) is 0 Å². The SMILES string of the molecule is [Mn].[Ni].[Ni].[Ni]. The monoisotopic (exact) mass is 229 g/mol. The minimum absolute atomic E-state index is 0. The van der Waals surface area contributed by atoms with E-state index >= 15 is 0 Å². The van der Waals surface area contributed by atoms with Gasteiger partial charge in [-0.2, -0.15) is 0 Å². The van der Waals surface area contributed by atoms with Gasteiger partial charge in [0.1, 0.15) is 0 Å². The van der Waals surface area contributed by atoms with Crippen molar-refractivity contribution >= 4 is 0 Å². The third-order valence-electron chi connectivity index (χ3n) is 0. The van der Waals surface area contributed by atoms with Crippen LogP contribution in [-0.4, -0.2) is 0 Å². The Balaban J connectivity index is 0. The Morgan fingerprint density at radius 3 is 0.500 bits per heavy atom. The van der Waals surface area contributed by atoms with Gasteiger partial charge in [-0.15, -0.1) is 0 Å². The van der Waals surface area contributed by atoms with Gasteiger partial charge in [-0.05, 0) is 0 Å². The number of rotatable bonds is 0. The predicted molar refractivity (Wildman–Crippen MR) is 0 cm³/mol. The average Bonchev–Trinajstić information content (AvgIpc) is 0. The number of hydrogen-bond acceptors (Lipinski definition) is 0. The molecule has 0 N–H and O–H groups in total. The van der Waals surface area contributed by atoms with Crippen LogP contribution in [0.4, 0.5) is 0 Å². The molecule has 0 atom stereocenters. The fourth-order valence-corrected chi connectivity index (χ4v) is 0. The van der Waals surface area contributed by atoms with Crippen molar-refractivity contribution in [2.24, 2.45) is 0 Å². The smallest absolute Gasteiger partial charge is 0 e. The summed E-state index contributed by atoms with van der Waals surface area (Å²) in [5.74, 6) is 0. The standard InChI is InChI=1S/Mn.3Ni. The zero-order valence-electron chi connectivity index (χ0n) is 1.33. The second-order valence-electron chi connectivity index (χ2n) is 0. The van der Waals surface area contributed by atoms with E-state index in [1.54, 1.807) is 0 Å². The first-order valence-electron chi connectivity index (χ1n) is 0. The van der Waals surface area contributed by atoms with Crippen molar-refractivity contribution in [3.63, 3.8) is 0 Å². The van der Waals surface area contributed by atoms with Crippen molar-refractivity contribution < 1.29 is 66.5 Å². The van der Waals surface area contributed by atoms with Crippen molar-refractivity contribution in [3.8, 4) is 0 Å². The summed E-state index contributed by atoms with van der Waals surface area (Å²) in [5.41, 5.74) is 0. The zero-order valence-corrected chi connectivity index (χ0v) is 5.47. The third-order valence-corrected chi connectivity index (χ3v) is 0. The van der Waals surface area contributed by atoms with E-state index in [4.69, 9.17) is 0 Å². The molecule has 0 aliphatic heterocycles. The molecule has 0 heterocycles. The molecule has 0 aromatic carbocycles. The van der Waals surface area contributed by atoms with Gasteiger partial charge < -0.3 is 0 Å². The first-order valence-corrected chi connectivity index (χ1v) is 0. The molecule has 0 spiro atoms. The van der Waals surface area contributed by atoms with Crippen LogP contribution in [0.25, 0.3) is 0 Å². The maximum Gasteiger partial charge on any atom is 0 e. The Morgan fingerprint density at radius 1 is 0.500 bits per heavy atom. The Labute approximate surface area is 66.1 Å². The molecular formula is MnNi3. The van der Waals surface area contributed by atoms with Gasteiger partial charge in [-0.25, -0.2) is 0 Å². The molecule has 0 nitrogen and oxygen atoms in total. The van der Waals surface area contributed by atoms with Gasteiger partial charge in [0.05, 0.1) is 0 Å². The topological polar surface area (TPSA) is 0 Å². The molecule has 37 valence electrons.